The highest BCUT2D eigenvalue weighted by Crippen LogP contribution is 2.27. The van der Waals surface area contributed by atoms with Gasteiger partial charge in [0.05, 0.1) is 7.11 Å². The molecule has 0 saturated carbocycles. The molecule has 0 aromatic heterocycles. The maximum atomic E-state index is 12.0. The average molecular weight is 369 g/mol. The van der Waals surface area contributed by atoms with Crippen LogP contribution in [0, 0.1) is 0 Å². The first-order valence-electron chi connectivity index (χ1n) is 6.42. The minimum atomic E-state index is -0.580. The number of hydrogen-bond donors (Lipinski definition) is 1. The fraction of sp³-hybridized carbons (Fsp3) is 0.188. The third-order valence-electron chi connectivity index (χ3n) is 3.06. The van der Waals surface area contributed by atoms with Crippen molar-refractivity contribution in [2.75, 3.05) is 7.11 Å². The molecule has 110 valence electrons. The van der Waals surface area contributed by atoms with Crippen LogP contribution in [-0.2, 0) is 16.1 Å². The first-order valence-corrected chi connectivity index (χ1v) is 7.59. The van der Waals surface area contributed by atoms with Crippen LogP contribution in [0.2, 0.25) is 5.02 Å². The largest absolute Gasteiger partial charge is 0.468 e. The maximum Gasteiger partial charge on any atom is 0.327 e. The van der Waals surface area contributed by atoms with Crippen LogP contribution < -0.4 is 5.32 Å². The van der Waals surface area contributed by atoms with E-state index in [2.05, 4.69) is 21.2 Å². The molecule has 1 unspecified atom stereocenters. The lowest BCUT2D eigenvalue weighted by molar-refractivity contribution is -0.143. The third kappa shape index (κ3) is 4.30. The summed E-state index contributed by atoms with van der Waals surface area (Å²) in [5.41, 5.74) is 1.84. The molecular formula is C16H15BrClNO2. The summed E-state index contributed by atoms with van der Waals surface area (Å²) in [4.78, 5) is 12.0. The monoisotopic (exact) mass is 367 g/mol. The second-order valence-electron chi connectivity index (χ2n) is 4.49. The lowest BCUT2D eigenvalue weighted by atomic mass is 10.1. The summed E-state index contributed by atoms with van der Waals surface area (Å²) in [6, 6.07) is 14.6. The zero-order chi connectivity index (χ0) is 15.2. The van der Waals surface area contributed by atoms with Gasteiger partial charge >= 0.3 is 5.97 Å². The van der Waals surface area contributed by atoms with Crippen LogP contribution in [0.4, 0.5) is 0 Å². The molecule has 0 spiro atoms. The number of hydrogen-bond acceptors (Lipinski definition) is 3. The Hall–Kier alpha value is -1.36. The first-order chi connectivity index (χ1) is 10.1. The standard InChI is InChI=1S/C16H15BrClNO2/c1-21-16(20)15(13-9-12(18)7-8-14(13)17)19-10-11-5-3-2-4-6-11/h2-9,15,19H,10H2,1H3. The zero-order valence-electron chi connectivity index (χ0n) is 11.5. The Morgan fingerprint density at radius 1 is 1.29 bits per heavy atom. The van der Waals surface area contributed by atoms with Crippen molar-refractivity contribution in [1.29, 1.82) is 0 Å². The van der Waals surface area contributed by atoms with Crippen molar-refractivity contribution in [3.05, 3.63) is 69.2 Å². The highest BCUT2D eigenvalue weighted by molar-refractivity contribution is 9.10. The maximum absolute atomic E-state index is 12.0. The van der Waals surface area contributed by atoms with Gasteiger partial charge in [-0.3, -0.25) is 5.32 Å². The molecule has 0 heterocycles. The van der Waals surface area contributed by atoms with Crippen LogP contribution in [0.1, 0.15) is 17.2 Å². The molecule has 0 fully saturated rings. The van der Waals surface area contributed by atoms with E-state index in [0.717, 1.165) is 15.6 Å². The Labute approximate surface area is 137 Å². The molecule has 0 radical (unpaired) electrons. The Balaban J connectivity index is 2.22. The van der Waals surface area contributed by atoms with Gasteiger partial charge < -0.3 is 4.74 Å². The first kappa shape index (κ1) is 16.0. The lowest BCUT2D eigenvalue weighted by Gasteiger charge is -2.18. The molecule has 0 aliphatic rings. The molecule has 21 heavy (non-hydrogen) atoms. The van der Waals surface area contributed by atoms with Crippen molar-refractivity contribution in [1.82, 2.24) is 5.32 Å². The van der Waals surface area contributed by atoms with Crippen molar-refractivity contribution < 1.29 is 9.53 Å². The number of benzene rings is 2. The fourth-order valence-corrected chi connectivity index (χ4v) is 2.65. The summed E-state index contributed by atoms with van der Waals surface area (Å²) >= 11 is 9.47. The van der Waals surface area contributed by atoms with Crippen LogP contribution in [0.3, 0.4) is 0 Å². The van der Waals surface area contributed by atoms with Crippen LogP contribution in [0.5, 0.6) is 0 Å². The summed E-state index contributed by atoms with van der Waals surface area (Å²) in [7, 11) is 1.37. The van der Waals surface area contributed by atoms with Crippen LogP contribution in [0.25, 0.3) is 0 Å². The van der Waals surface area contributed by atoms with Crippen LogP contribution in [0.15, 0.2) is 53.0 Å². The minimum absolute atomic E-state index is 0.353. The van der Waals surface area contributed by atoms with E-state index in [1.54, 1.807) is 12.1 Å². The number of carbonyl (C=O) groups excluding carboxylic acids is 1. The summed E-state index contributed by atoms with van der Waals surface area (Å²) in [5.74, 6) is -0.353. The van der Waals surface area contributed by atoms with E-state index >= 15 is 0 Å². The van der Waals surface area contributed by atoms with Gasteiger partial charge in [0.2, 0.25) is 0 Å². The highest BCUT2D eigenvalue weighted by atomic mass is 79.9. The normalized spacial score (nSPS) is 12.0. The van der Waals surface area contributed by atoms with Gasteiger partial charge in [0, 0.05) is 16.0 Å². The van der Waals surface area contributed by atoms with Crippen molar-refractivity contribution >= 4 is 33.5 Å². The van der Waals surface area contributed by atoms with Crippen LogP contribution >= 0.6 is 27.5 Å². The number of esters is 1. The van der Waals surface area contributed by atoms with Gasteiger partial charge in [-0.1, -0.05) is 57.9 Å². The molecular weight excluding hydrogens is 354 g/mol. The predicted molar refractivity (Wildman–Crippen MR) is 87.2 cm³/mol. The number of methoxy groups -OCH3 is 1. The van der Waals surface area contributed by atoms with Gasteiger partial charge in [0.15, 0.2) is 0 Å². The molecule has 0 aliphatic carbocycles. The molecule has 1 N–H and O–H groups in total. The van der Waals surface area contributed by atoms with Gasteiger partial charge in [-0.15, -0.1) is 0 Å². The van der Waals surface area contributed by atoms with E-state index in [4.69, 9.17) is 16.3 Å². The molecule has 0 saturated heterocycles. The fourth-order valence-electron chi connectivity index (χ4n) is 1.99. The number of carbonyl (C=O) groups is 1. The Morgan fingerprint density at radius 2 is 2.00 bits per heavy atom. The molecule has 0 amide bonds. The molecule has 2 rings (SSSR count). The second kappa shape index (κ2) is 7.59. The molecule has 1 atom stereocenters. The third-order valence-corrected chi connectivity index (χ3v) is 4.02. The predicted octanol–water partition coefficient (Wildman–Crippen LogP) is 4.11. The Bertz CT molecular complexity index is 619. The lowest BCUT2D eigenvalue weighted by Crippen LogP contribution is -2.29. The van der Waals surface area contributed by atoms with Gasteiger partial charge in [-0.25, -0.2) is 4.79 Å². The molecule has 2 aromatic rings. The van der Waals surface area contributed by atoms with Crippen molar-refractivity contribution in [3.8, 4) is 0 Å². The summed E-state index contributed by atoms with van der Waals surface area (Å²) in [5, 5.41) is 3.78. The smallest absolute Gasteiger partial charge is 0.327 e. The van der Waals surface area contributed by atoms with E-state index < -0.39 is 6.04 Å². The van der Waals surface area contributed by atoms with Crippen molar-refractivity contribution in [2.24, 2.45) is 0 Å². The minimum Gasteiger partial charge on any atom is -0.468 e. The Kier molecular flexibility index (Phi) is 5.79. The van der Waals surface area contributed by atoms with E-state index in [1.807, 2.05) is 36.4 Å². The summed E-state index contributed by atoms with van der Waals surface area (Å²) in [6.07, 6.45) is 0. The molecule has 0 aliphatic heterocycles. The van der Waals surface area contributed by atoms with Crippen LogP contribution in [-0.4, -0.2) is 13.1 Å². The number of halogens is 2. The quantitative estimate of drug-likeness (QED) is 0.807. The summed E-state index contributed by atoms with van der Waals surface area (Å²) < 4.78 is 5.69. The van der Waals surface area contributed by atoms with Crippen molar-refractivity contribution in [3.63, 3.8) is 0 Å². The SMILES string of the molecule is COC(=O)C(NCc1ccccc1)c1cc(Cl)ccc1Br. The number of rotatable bonds is 5. The topological polar surface area (TPSA) is 38.3 Å². The van der Waals surface area contributed by atoms with Gasteiger partial charge in [-0.2, -0.15) is 0 Å². The average Bonchev–Trinajstić information content (AvgIpc) is 2.51. The molecule has 5 heteroatoms. The number of nitrogens with one attached hydrogen (secondary N) is 1. The van der Waals surface area contributed by atoms with Crippen molar-refractivity contribution in [2.45, 2.75) is 12.6 Å². The van der Waals surface area contributed by atoms with Gasteiger partial charge in [-0.05, 0) is 29.3 Å². The van der Waals surface area contributed by atoms with E-state index in [9.17, 15) is 4.79 Å². The van der Waals surface area contributed by atoms with Gasteiger partial charge in [0.1, 0.15) is 6.04 Å². The highest BCUT2D eigenvalue weighted by Gasteiger charge is 2.23. The second-order valence-corrected chi connectivity index (χ2v) is 5.78. The Morgan fingerprint density at radius 3 is 2.67 bits per heavy atom. The van der Waals surface area contributed by atoms with E-state index in [-0.39, 0.29) is 5.97 Å². The van der Waals surface area contributed by atoms with E-state index in [1.165, 1.54) is 7.11 Å². The molecule has 0 bridgehead atoms. The van der Waals surface area contributed by atoms with Gasteiger partial charge in [0.25, 0.3) is 0 Å². The number of ether oxygens (including phenoxy) is 1. The summed E-state index contributed by atoms with van der Waals surface area (Å²) in [6.45, 7) is 0.555. The molecule has 2 aromatic carbocycles. The zero-order valence-corrected chi connectivity index (χ0v) is 13.8. The van der Waals surface area contributed by atoms with E-state index in [0.29, 0.717) is 11.6 Å². The molecule has 3 nitrogen and oxygen atoms in total.